The van der Waals surface area contributed by atoms with Crippen molar-refractivity contribution in [2.45, 2.75) is 32.7 Å². The smallest absolute Gasteiger partial charge is 0.256 e. The van der Waals surface area contributed by atoms with Crippen LogP contribution in [0.4, 0.5) is 11.4 Å². The SMILES string of the molecule is CCOc1ccc(CCN2C(=S)N(c3cccc(Cl)c3)C(=O)C2CC(=O)Nc2ccc(OC)cc2)cc1OCC. The van der Waals surface area contributed by atoms with Crippen molar-refractivity contribution in [2.24, 2.45) is 0 Å². The minimum absolute atomic E-state index is 0.0739. The van der Waals surface area contributed by atoms with Crippen LogP contribution in [-0.4, -0.2) is 54.7 Å². The maximum absolute atomic E-state index is 13.7. The normalized spacial score (nSPS) is 14.8. The monoisotopic (exact) mass is 581 g/mol. The molecule has 10 heteroatoms. The Morgan fingerprint density at radius 1 is 1.00 bits per heavy atom. The first-order valence-electron chi connectivity index (χ1n) is 13.1. The van der Waals surface area contributed by atoms with Crippen LogP contribution in [0.1, 0.15) is 25.8 Å². The van der Waals surface area contributed by atoms with Crippen LogP contribution in [0.2, 0.25) is 5.02 Å². The van der Waals surface area contributed by atoms with E-state index < -0.39 is 6.04 Å². The van der Waals surface area contributed by atoms with Gasteiger partial charge in [-0.1, -0.05) is 23.7 Å². The summed E-state index contributed by atoms with van der Waals surface area (Å²) in [6.45, 7) is 5.30. The lowest BCUT2D eigenvalue weighted by molar-refractivity contribution is -0.124. The van der Waals surface area contributed by atoms with Crippen molar-refractivity contribution in [1.29, 1.82) is 0 Å². The number of amides is 2. The molecular formula is C30H32ClN3O5S. The van der Waals surface area contributed by atoms with Gasteiger partial charge in [-0.15, -0.1) is 0 Å². The maximum Gasteiger partial charge on any atom is 0.256 e. The summed E-state index contributed by atoms with van der Waals surface area (Å²) in [7, 11) is 1.58. The molecule has 40 heavy (non-hydrogen) atoms. The molecule has 1 aliphatic heterocycles. The van der Waals surface area contributed by atoms with Crippen LogP contribution in [-0.2, 0) is 16.0 Å². The van der Waals surface area contributed by atoms with E-state index in [4.69, 9.17) is 38.0 Å². The van der Waals surface area contributed by atoms with Gasteiger partial charge in [0.05, 0.1) is 32.4 Å². The van der Waals surface area contributed by atoms with Crippen molar-refractivity contribution in [2.75, 3.05) is 37.1 Å². The number of carbonyl (C=O) groups is 2. The van der Waals surface area contributed by atoms with Gasteiger partial charge in [0, 0.05) is 17.3 Å². The van der Waals surface area contributed by atoms with E-state index in [-0.39, 0.29) is 18.2 Å². The summed E-state index contributed by atoms with van der Waals surface area (Å²) in [6, 6.07) is 19.0. The van der Waals surface area contributed by atoms with Crippen molar-refractivity contribution in [3.8, 4) is 17.2 Å². The van der Waals surface area contributed by atoms with E-state index in [1.165, 1.54) is 4.90 Å². The molecule has 0 saturated carbocycles. The predicted molar refractivity (Wildman–Crippen MR) is 161 cm³/mol. The van der Waals surface area contributed by atoms with E-state index in [9.17, 15) is 9.59 Å². The van der Waals surface area contributed by atoms with Crippen molar-refractivity contribution < 1.29 is 23.8 Å². The van der Waals surface area contributed by atoms with Gasteiger partial charge >= 0.3 is 0 Å². The number of carbonyl (C=O) groups excluding carboxylic acids is 2. The first-order valence-corrected chi connectivity index (χ1v) is 13.9. The number of benzene rings is 3. The number of halogens is 1. The molecule has 3 aromatic carbocycles. The average molecular weight is 582 g/mol. The first-order chi connectivity index (χ1) is 19.3. The molecule has 1 aliphatic rings. The number of nitrogens with zero attached hydrogens (tertiary/aromatic N) is 2. The fourth-order valence-corrected chi connectivity index (χ4v) is 5.10. The van der Waals surface area contributed by atoms with Crippen molar-refractivity contribution in [3.05, 3.63) is 77.3 Å². The van der Waals surface area contributed by atoms with E-state index in [0.29, 0.717) is 64.9 Å². The zero-order valence-corrected chi connectivity index (χ0v) is 24.3. The molecule has 1 N–H and O–H groups in total. The van der Waals surface area contributed by atoms with E-state index in [0.717, 1.165) is 5.56 Å². The Morgan fingerprint density at radius 3 is 2.40 bits per heavy atom. The van der Waals surface area contributed by atoms with E-state index in [1.807, 2.05) is 36.9 Å². The van der Waals surface area contributed by atoms with Gasteiger partial charge in [-0.2, -0.15) is 0 Å². The number of rotatable bonds is 12. The number of hydrogen-bond acceptors (Lipinski definition) is 6. The van der Waals surface area contributed by atoms with Gasteiger partial charge in [-0.25, -0.2) is 0 Å². The zero-order valence-electron chi connectivity index (χ0n) is 22.7. The Kier molecular flexibility index (Phi) is 9.84. The molecule has 0 bridgehead atoms. The topological polar surface area (TPSA) is 80.3 Å². The van der Waals surface area contributed by atoms with E-state index >= 15 is 0 Å². The highest BCUT2D eigenvalue weighted by Crippen LogP contribution is 2.31. The first kappa shape index (κ1) is 29.2. The summed E-state index contributed by atoms with van der Waals surface area (Å²) < 4.78 is 16.6. The molecule has 0 aliphatic carbocycles. The van der Waals surface area contributed by atoms with Gasteiger partial charge in [0.1, 0.15) is 11.8 Å². The minimum Gasteiger partial charge on any atom is -0.497 e. The van der Waals surface area contributed by atoms with Crippen LogP contribution < -0.4 is 24.4 Å². The predicted octanol–water partition coefficient (Wildman–Crippen LogP) is 5.72. The number of hydrogen-bond donors (Lipinski definition) is 1. The molecule has 8 nitrogen and oxygen atoms in total. The third kappa shape index (κ3) is 6.84. The summed E-state index contributed by atoms with van der Waals surface area (Å²) in [6.07, 6.45) is 0.495. The molecule has 0 aromatic heterocycles. The molecule has 4 rings (SSSR count). The van der Waals surface area contributed by atoms with Crippen LogP contribution >= 0.6 is 23.8 Å². The third-order valence-electron chi connectivity index (χ3n) is 6.39. The lowest BCUT2D eigenvalue weighted by Crippen LogP contribution is -2.39. The molecule has 1 atom stereocenters. The molecule has 3 aromatic rings. The van der Waals surface area contributed by atoms with Crippen molar-refractivity contribution in [1.82, 2.24) is 4.90 Å². The van der Waals surface area contributed by atoms with Gasteiger partial charge in [-0.05, 0) is 92.6 Å². The summed E-state index contributed by atoms with van der Waals surface area (Å²) in [4.78, 5) is 30.0. The Balaban J connectivity index is 1.55. The van der Waals surface area contributed by atoms with Crippen LogP contribution in [0.5, 0.6) is 17.2 Å². The fourth-order valence-electron chi connectivity index (χ4n) is 4.50. The van der Waals surface area contributed by atoms with Gasteiger partial charge in [0.2, 0.25) is 5.91 Å². The number of ether oxygens (including phenoxy) is 3. The Bertz CT molecular complexity index is 1370. The average Bonchev–Trinajstić information content (AvgIpc) is 3.17. The molecule has 1 heterocycles. The third-order valence-corrected chi connectivity index (χ3v) is 7.04. The van der Waals surface area contributed by atoms with E-state index in [2.05, 4.69) is 5.32 Å². The standard InChI is InChI=1S/C30H32ClN3O5S/c1-4-38-26-14-9-20(17-27(26)39-5-2)15-16-33-25(19-28(35)32-22-10-12-24(37-3)13-11-22)29(36)34(30(33)40)23-8-6-7-21(31)18-23/h6-14,17-18,25H,4-5,15-16,19H2,1-3H3,(H,32,35). The van der Waals surface area contributed by atoms with Crippen LogP contribution in [0.3, 0.4) is 0 Å². The second kappa shape index (κ2) is 13.5. The van der Waals surface area contributed by atoms with Crippen LogP contribution in [0, 0.1) is 0 Å². The molecule has 210 valence electrons. The quantitative estimate of drug-likeness (QED) is 0.274. The van der Waals surface area contributed by atoms with Gasteiger partial charge < -0.3 is 24.4 Å². The number of thiocarbonyl (C=S) groups is 1. The summed E-state index contributed by atoms with van der Waals surface area (Å²) >= 11 is 12.0. The highest BCUT2D eigenvalue weighted by atomic mass is 35.5. The van der Waals surface area contributed by atoms with Crippen LogP contribution in [0.25, 0.3) is 0 Å². The van der Waals surface area contributed by atoms with Crippen molar-refractivity contribution >= 4 is 52.1 Å². The summed E-state index contributed by atoms with van der Waals surface area (Å²) in [5.41, 5.74) is 2.16. The molecule has 1 unspecified atom stereocenters. The lowest BCUT2D eigenvalue weighted by atomic mass is 10.1. The lowest BCUT2D eigenvalue weighted by Gasteiger charge is -2.24. The molecular weight excluding hydrogens is 550 g/mol. The highest BCUT2D eigenvalue weighted by Gasteiger charge is 2.44. The highest BCUT2D eigenvalue weighted by molar-refractivity contribution is 7.80. The molecule has 1 fully saturated rings. The van der Waals surface area contributed by atoms with Gasteiger partial charge in [-0.3, -0.25) is 14.5 Å². The fraction of sp³-hybridized carbons (Fsp3) is 0.300. The number of anilines is 2. The summed E-state index contributed by atoms with van der Waals surface area (Å²) in [5, 5.41) is 3.68. The Labute approximate surface area is 244 Å². The van der Waals surface area contributed by atoms with Gasteiger partial charge in [0.15, 0.2) is 16.6 Å². The second-order valence-electron chi connectivity index (χ2n) is 9.02. The number of nitrogens with one attached hydrogen (secondary N) is 1. The van der Waals surface area contributed by atoms with Gasteiger partial charge in [0.25, 0.3) is 5.91 Å². The molecule has 0 radical (unpaired) electrons. The number of methoxy groups -OCH3 is 1. The van der Waals surface area contributed by atoms with Crippen LogP contribution in [0.15, 0.2) is 66.7 Å². The molecule has 0 spiro atoms. The Hall–Kier alpha value is -3.82. The second-order valence-corrected chi connectivity index (χ2v) is 9.82. The zero-order chi connectivity index (χ0) is 28.6. The Morgan fingerprint density at radius 2 is 1.73 bits per heavy atom. The molecule has 1 saturated heterocycles. The van der Waals surface area contributed by atoms with E-state index in [1.54, 1.807) is 55.6 Å². The summed E-state index contributed by atoms with van der Waals surface area (Å²) in [5.74, 6) is 1.44. The minimum atomic E-state index is -0.779. The van der Waals surface area contributed by atoms with Crippen molar-refractivity contribution in [3.63, 3.8) is 0 Å². The largest absolute Gasteiger partial charge is 0.497 e. The molecule has 2 amide bonds. The maximum atomic E-state index is 13.7.